The second-order valence-corrected chi connectivity index (χ2v) is 6.62. The Kier molecular flexibility index (Phi) is 4.73. The molecule has 1 aromatic carbocycles. The Hall–Kier alpha value is -2.46. The molecule has 0 fully saturated rings. The van der Waals surface area contributed by atoms with Crippen molar-refractivity contribution in [1.82, 2.24) is 9.61 Å². The highest BCUT2D eigenvalue weighted by Gasteiger charge is 2.19. The zero-order chi connectivity index (χ0) is 18.1. The zero-order valence-corrected chi connectivity index (χ0v) is 15.0. The fourth-order valence-electron chi connectivity index (χ4n) is 2.84. The molecule has 0 saturated carbocycles. The molecule has 0 atom stereocenters. The summed E-state index contributed by atoms with van der Waals surface area (Å²) in [5.41, 5.74) is 4.20. The highest BCUT2D eigenvalue weighted by molar-refractivity contribution is 6.30. The Morgan fingerprint density at radius 2 is 1.88 bits per heavy atom. The first kappa shape index (κ1) is 17.4. The number of hydrogen-bond acceptors (Lipinski definition) is 2. The number of hydrogen-bond donors (Lipinski definition) is 0. The van der Waals surface area contributed by atoms with Gasteiger partial charge in [0.25, 0.3) is 0 Å². The van der Waals surface area contributed by atoms with E-state index in [9.17, 15) is 9.18 Å². The van der Waals surface area contributed by atoms with Crippen molar-refractivity contribution in [3.63, 3.8) is 0 Å². The van der Waals surface area contributed by atoms with Gasteiger partial charge in [-0.15, -0.1) is 0 Å². The lowest BCUT2D eigenvalue weighted by Gasteiger charge is -2.16. The summed E-state index contributed by atoms with van der Waals surface area (Å²) < 4.78 is 15.1. The topological polar surface area (TPSA) is 34.4 Å². The fraction of sp³-hybridized carbons (Fsp3) is 0.200. The van der Waals surface area contributed by atoms with E-state index in [4.69, 9.17) is 11.6 Å². The number of rotatable bonds is 4. The van der Waals surface area contributed by atoms with Crippen LogP contribution >= 0.6 is 11.6 Å². The summed E-state index contributed by atoms with van der Waals surface area (Å²) in [4.78, 5) is 11.5. The molecule has 3 rings (SSSR count). The highest BCUT2D eigenvalue weighted by atomic mass is 35.5. The fourth-order valence-corrected chi connectivity index (χ4v) is 3.03. The minimum Gasteiger partial charge on any atom is -0.295 e. The highest BCUT2D eigenvalue weighted by Crippen LogP contribution is 2.35. The van der Waals surface area contributed by atoms with Crippen LogP contribution in [0.3, 0.4) is 0 Å². The van der Waals surface area contributed by atoms with Crippen LogP contribution in [0.15, 0.2) is 42.5 Å². The van der Waals surface area contributed by atoms with E-state index in [0.29, 0.717) is 5.15 Å². The number of allylic oxidation sites excluding steroid dienone is 1. The largest absolute Gasteiger partial charge is 0.295 e. The Labute approximate surface area is 150 Å². The molecule has 0 N–H and O–H groups in total. The van der Waals surface area contributed by atoms with Gasteiger partial charge >= 0.3 is 0 Å². The molecular formula is C20H18ClFN2O. The number of nitrogens with zero attached hydrogens (tertiary/aromatic N) is 2. The first-order valence-corrected chi connectivity index (χ1v) is 8.42. The lowest BCUT2D eigenvalue weighted by Crippen LogP contribution is -2.06. The van der Waals surface area contributed by atoms with E-state index in [1.807, 2.05) is 19.9 Å². The number of carbonyl (C=O) groups excluding carboxylic acids is 1. The van der Waals surface area contributed by atoms with E-state index >= 15 is 0 Å². The number of ketones is 1. The molecule has 3 nitrogen and oxygen atoms in total. The van der Waals surface area contributed by atoms with Crippen molar-refractivity contribution in [2.24, 2.45) is 0 Å². The van der Waals surface area contributed by atoms with Crippen molar-refractivity contribution >= 4 is 29.0 Å². The van der Waals surface area contributed by atoms with Crippen LogP contribution in [0.5, 0.6) is 0 Å². The van der Waals surface area contributed by atoms with Gasteiger partial charge in [-0.1, -0.05) is 37.6 Å². The number of benzene rings is 1. The minimum absolute atomic E-state index is 0.0481. The standard InChI is InChI=1S/C20H18ClFN2O/c1-12(2)20-16(9-4-13(3)25)19(14-5-7-15(22)8-6-14)17-10-11-18(21)24(17)23-20/h4-12H,1-3H3/b9-4+. The molecule has 5 heteroatoms. The molecule has 128 valence electrons. The molecule has 0 aliphatic rings. The molecule has 3 aromatic rings. The van der Waals surface area contributed by atoms with Crippen molar-refractivity contribution in [2.75, 3.05) is 0 Å². The average Bonchev–Trinajstić information content (AvgIpc) is 2.93. The van der Waals surface area contributed by atoms with Crippen LogP contribution in [0.1, 0.15) is 37.9 Å². The molecule has 0 radical (unpaired) electrons. The summed E-state index contributed by atoms with van der Waals surface area (Å²) in [6.07, 6.45) is 3.31. The van der Waals surface area contributed by atoms with E-state index in [0.717, 1.165) is 27.9 Å². The van der Waals surface area contributed by atoms with Gasteiger partial charge in [0.15, 0.2) is 5.78 Å². The average molecular weight is 357 g/mol. The van der Waals surface area contributed by atoms with Crippen molar-refractivity contribution in [1.29, 1.82) is 0 Å². The Balaban J connectivity index is 2.42. The molecule has 0 aliphatic carbocycles. The van der Waals surface area contributed by atoms with Gasteiger partial charge in [0, 0.05) is 11.1 Å². The Morgan fingerprint density at radius 1 is 1.20 bits per heavy atom. The van der Waals surface area contributed by atoms with E-state index < -0.39 is 0 Å². The third-order valence-electron chi connectivity index (χ3n) is 3.98. The quantitative estimate of drug-likeness (QED) is 0.577. The summed E-state index contributed by atoms with van der Waals surface area (Å²) >= 11 is 6.28. The Morgan fingerprint density at radius 3 is 2.48 bits per heavy atom. The van der Waals surface area contributed by atoms with Crippen molar-refractivity contribution in [3.8, 4) is 11.1 Å². The summed E-state index contributed by atoms with van der Waals surface area (Å²) in [5, 5.41) is 5.17. The van der Waals surface area contributed by atoms with Gasteiger partial charge in [0.2, 0.25) is 0 Å². The predicted molar refractivity (Wildman–Crippen MR) is 99.4 cm³/mol. The third-order valence-corrected chi connectivity index (χ3v) is 4.27. The summed E-state index contributed by atoms with van der Waals surface area (Å²) in [5.74, 6) is -0.228. The lowest BCUT2D eigenvalue weighted by atomic mass is 9.94. The van der Waals surface area contributed by atoms with Crippen molar-refractivity contribution < 1.29 is 9.18 Å². The molecule has 2 aromatic heterocycles. The Bertz CT molecular complexity index is 972. The third kappa shape index (κ3) is 3.35. The molecule has 0 saturated heterocycles. The van der Waals surface area contributed by atoms with Gasteiger partial charge in [-0.25, -0.2) is 8.91 Å². The monoisotopic (exact) mass is 356 g/mol. The van der Waals surface area contributed by atoms with Gasteiger partial charge in [0.1, 0.15) is 11.0 Å². The first-order chi connectivity index (χ1) is 11.9. The molecule has 25 heavy (non-hydrogen) atoms. The molecule has 0 spiro atoms. The maximum absolute atomic E-state index is 13.4. The maximum atomic E-state index is 13.4. The van der Waals surface area contributed by atoms with E-state index in [-0.39, 0.29) is 17.5 Å². The van der Waals surface area contributed by atoms with Crippen LogP contribution in [-0.2, 0) is 4.79 Å². The van der Waals surface area contributed by atoms with Crippen LogP contribution in [-0.4, -0.2) is 15.4 Å². The van der Waals surface area contributed by atoms with Crippen LogP contribution in [0, 0.1) is 5.82 Å². The normalized spacial score (nSPS) is 11.8. The van der Waals surface area contributed by atoms with Crippen LogP contribution in [0.25, 0.3) is 22.7 Å². The summed E-state index contributed by atoms with van der Waals surface area (Å²) in [6.45, 7) is 5.57. The van der Waals surface area contributed by atoms with Gasteiger partial charge < -0.3 is 0 Å². The zero-order valence-electron chi connectivity index (χ0n) is 14.3. The van der Waals surface area contributed by atoms with Crippen molar-refractivity contribution in [3.05, 3.63) is 64.7 Å². The van der Waals surface area contributed by atoms with Gasteiger partial charge in [0.05, 0.1) is 11.2 Å². The van der Waals surface area contributed by atoms with Crippen LogP contribution < -0.4 is 0 Å². The minimum atomic E-state index is -0.299. The second-order valence-electron chi connectivity index (χ2n) is 6.23. The molecule has 2 heterocycles. The molecule has 0 unspecified atom stereocenters. The molecule has 0 bridgehead atoms. The predicted octanol–water partition coefficient (Wildman–Crippen LogP) is 5.52. The van der Waals surface area contributed by atoms with Gasteiger partial charge in [-0.2, -0.15) is 5.10 Å². The number of carbonyl (C=O) groups is 1. The van der Waals surface area contributed by atoms with Crippen LogP contribution in [0.2, 0.25) is 5.15 Å². The molecular weight excluding hydrogens is 339 g/mol. The lowest BCUT2D eigenvalue weighted by molar-refractivity contribution is -0.112. The maximum Gasteiger partial charge on any atom is 0.152 e. The summed E-state index contributed by atoms with van der Waals surface area (Å²) in [7, 11) is 0. The van der Waals surface area contributed by atoms with Crippen LogP contribution in [0.4, 0.5) is 4.39 Å². The van der Waals surface area contributed by atoms with E-state index in [2.05, 4.69) is 5.10 Å². The molecule has 0 aliphatic heterocycles. The SMILES string of the molecule is CC(=O)/C=C/c1c(C(C)C)nn2c(Cl)ccc2c1-c1ccc(F)cc1. The first-order valence-electron chi connectivity index (χ1n) is 8.04. The van der Waals surface area contributed by atoms with Crippen molar-refractivity contribution in [2.45, 2.75) is 26.7 Å². The number of fused-ring (bicyclic) bond motifs is 1. The van der Waals surface area contributed by atoms with Gasteiger partial charge in [-0.05, 0) is 54.8 Å². The summed E-state index contributed by atoms with van der Waals surface area (Å²) in [6, 6.07) is 9.94. The number of halogens is 2. The second kappa shape index (κ2) is 6.81. The molecule has 0 amide bonds. The smallest absolute Gasteiger partial charge is 0.152 e. The van der Waals surface area contributed by atoms with Gasteiger partial charge in [-0.3, -0.25) is 4.79 Å². The van der Waals surface area contributed by atoms with E-state index in [1.54, 1.807) is 28.8 Å². The van der Waals surface area contributed by atoms with E-state index in [1.165, 1.54) is 25.1 Å². The number of aromatic nitrogens is 2.